The van der Waals surface area contributed by atoms with Crippen molar-refractivity contribution in [2.24, 2.45) is 0 Å². The molecule has 0 aliphatic carbocycles. The Balaban J connectivity index is 1.66. The van der Waals surface area contributed by atoms with E-state index < -0.39 is 0 Å². The van der Waals surface area contributed by atoms with Gasteiger partial charge in [-0.25, -0.2) is 9.37 Å². The Kier molecular flexibility index (Phi) is 4.98. The molecule has 2 heterocycles. The molecule has 3 rings (SSSR count). The Hall–Kier alpha value is -2.48. The average molecular weight is 359 g/mol. The summed E-state index contributed by atoms with van der Waals surface area (Å²) in [5, 5.41) is 8.90. The largest absolute Gasteiger partial charge is 0.341 e. The fourth-order valence-electron chi connectivity index (χ4n) is 2.53. The van der Waals surface area contributed by atoms with Gasteiger partial charge in [-0.05, 0) is 31.5 Å². The highest BCUT2D eigenvalue weighted by molar-refractivity contribution is 7.99. The van der Waals surface area contributed by atoms with Crippen molar-refractivity contribution in [2.75, 3.05) is 12.8 Å². The molecule has 8 heteroatoms. The molecule has 0 atom stereocenters. The van der Waals surface area contributed by atoms with Gasteiger partial charge < -0.3 is 4.90 Å². The maximum absolute atomic E-state index is 13.2. The van der Waals surface area contributed by atoms with E-state index in [4.69, 9.17) is 0 Å². The zero-order chi connectivity index (χ0) is 18.0. The first-order chi connectivity index (χ1) is 11.9. The molecular weight excluding hydrogens is 341 g/mol. The lowest BCUT2D eigenvalue weighted by molar-refractivity contribution is -0.127. The number of carbonyl (C=O) groups is 1. The normalized spacial score (nSPS) is 11.0. The fraction of sp³-hybridized carbons (Fsp3) is 0.294. The summed E-state index contributed by atoms with van der Waals surface area (Å²) in [4.78, 5) is 18.3. The molecule has 0 spiro atoms. The van der Waals surface area contributed by atoms with Gasteiger partial charge in [-0.1, -0.05) is 23.9 Å². The van der Waals surface area contributed by atoms with Gasteiger partial charge in [0.2, 0.25) is 5.91 Å². The lowest BCUT2D eigenvalue weighted by atomic mass is 10.2. The van der Waals surface area contributed by atoms with Crippen LogP contribution in [0.25, 0.3) is 5.65 Å². The van der Waals surface area contributed by atoms with Crippen molar-refractivity contribution in [1.82, 2.24) is 24.5 Å². The zero-order valence-corrected chi connectivity index (χ0v) is 15.0. The molecule has 25 heavy (non-hydrogen) atoms. The molecular formula is C17H18FN5OS. The van der Waals surface area contributed by atoms with Crippen LogP contribution in [0.2, 0.25) is 0 Å². The topological polar surface area (TPSA) is 63.4 Å². The number of amides is 1. The molecule has 0 radical (unpaired) electrons. The lowest BCUT2D eigenvalue weighted by Crippen LogP contribution is -2.27. The second kappa shape index (κ2) is 7.18. The van der Waals surface area contributed by atoms with Crippen LogP contribution in [0.15, 0.2) is 35.5 Å². The minimum atomic E-state index is -0.305. The van der Waals surface area contributed by atoms with Crippen LogP contribution in [-0.4, -0.2) is 43.2 Å². The van der Waals surface area contributed by atoms with E-state index in [0.29, 0.717) is 17.3 Å². The van der Waals surface area contributed by atoms with E-state index >= 15 is 0 Å². The van der Waals surface area contributed by atoms with Gasteiger partial charge in [0.1, 0.15) is 11.6 Å². The third-order valence-electron chi connectivity index (χ3n) is 3.72. The van der Waals surface area contributed by atoms with Crippen molar-refractivity contribution in [2.45, 2.75) is 25.5 Å². The average Bonchev–Trinajstić information content (AvgIpc) is 2.95. The number of rotatable bonds is 5. The lowest BCUT2D eigenvalue weighted by Gasteiger charge is -2.17. The maximum Gasteiger partial charge on any atom is 0.233 e. The van der Waals surface area contributed by atoms with Gasteiger partial charge in [0, 0.05) is 25.4 Å². The van der Waals surface area contributed by atoms with E-state index in [0.717, 1.165) is 17.1 Å². The van der Waals surface area contributed by atoms with E-state index in [9.17, 15) is 9.18 Å². The summed E-state index contributed by atoms with van der Waals surface area (Å²) in [5.74, 6) is 0.632. The molecule has 0 saturated carbocycles. The van der Waals surface area contributed by atoms with Gasteiger partial charge in [-0.2, -0.15) is 0 Å². The summed E-state index contributed by atoms with van der Waals surface area (Å²) >= 11 is 1.31. The van der Waals surface area contributed by atoms with E-state index in [2.05, 4.69) is 15.2 Å². The minimum Gasteiger partial charge on any atom is -0.341 e. The number of thioether (sulfide) groups is 1. The van der Waals surface area contributed by atoms with Gasteiger partial charge in [0.15, 0.2) is 10.8 Å². The first kappa shape index (κ1) is 17.3. The minimum absolute atomic E-state index is 0.0660. The van der Waals surface area contributed by atoms with Crippen LogP contribution in [-0.2, 0) is 11.3 Å². The number of aryl methyl sites for hydroxylation is 2. The Morgan fingerprint density at radius 1 is 1.28 bits per heavy atom. The van der Waals surface area contributed by atoms with Crippen LogP contribution in [0, 0.1) is 19.7 Å². The monoisotopic (exact) mass is 359 g/mol. The fourth-order valence-corrected chi connectivity index (χ4v) is 3.46. The predicted molar refractivity (Wildman–Crippen MR) is 93.9 cm³/mol. The molecule has 130 valence electrons. The Morgan fingerprint density at radius 2 is 2.08 bits per heavy atom. The molecule has 0 bridgehead atoms. The van der Waals surface area contributed by atoms with Crippen LogP contribution >= 0.6 is 11.8 Å². The Bertz CT molecular complexity index is 927. The summed E-state index contributed by atoms with van der Waals surface area (Å²) in [5.41, 5.74) is 2.34. The summed E-state index contributed by atoms with van der Waals surface area (Å²) in [7, 11) is 1.70. The third-order valence-corrected chi connectivity index (χ3v) is 4.63. The van der Waals surface area contributed by atoms with Crippen molar-refractivity contribution in [3.8, 4) is 0 Å². The summed E-state index contributed by atoms with van der Waals surface area (Å²) < 4.78 is 15.1. The number of hydrogen-bond donors (Lipinski definition) is 0. The number of benzene rings is 1. The number of carbonyl (C=O) groups excluding carboxylic acids is 1. The Labute approximate surface area is 149 Å². The van der Waals surface area contributed by atoms with Crippen molar-refractivity contribution in [1.29, 1.82) is 0 Å². The summed E-state index contributed by atoms with van der Waals surface area (Å²) in [6.07, 6.45) is 0. The van der Waals surface area contributed by atoms with Crippen LogP contribution in [0.1, 0.15) is 17.1 Å². The smallest absolute Gasteiger partial charge is 0.233 e. The number of hydrogen-bond acceptors (Lipinski definition) is 5. The summed E-state index contributed by atoms with van der Waals surface area (Å²) in [6, 6.07) is 8.10. The molecule has 0 unspecified atom stereocenters. The number of halogens is 1. The van der Waals surface area contributed by atoms with Crippen LogP contribution in [0.5, 0.6) is 0 Å². The molecule has 0 saturated heterocycles. The van der Waals surface area contributed by atoms with E-state index in [1.54, 1.807) is 24.1 Å². The van der Waals surface area contributed by atoms with Gasteiger partial charge in [0.25, 0.3) is 0 Å². The van der Waals surface area contributed by atoms with E-state index in [1.807, 2.05) is 24.3 Å². The van der Waals surface area contributed by atoms with E-state index in [1.165, 1.54) is 23.9 Å². The number of nitrogens with zero attached hydrogens (tertiary/aromatic N) is 5. The first-order valence-corrected chi connectivity index (χ1v) is 8.73. The zero-order valence-electron chi connectivity index (χ0n) is 14.2. The van der Waals surface area contributed by atoms with Gasteiger partial charge in [-0.15, -0.1) is 10.2 Å². The Morgan fingerprint density at radius 3 is 2.84 bits per heavy atom. The standard InChI is InChI=1S/C17H18FN5OS/c1-11-7-15-20-21-17(23(15)12(2)19-11)25-10-16(24)22(3)9-13-5-4-6-14(18)8-13/h4-8H,9-10H2,1-3H3. The van der Waals surface area contributed by atoms with Crippen LogP contribution in [0.4, 0.5) is 4.39 Å². The van der Waals surface area contributed by atoms with Gasteiger partial charge in [0.05, 0.1) is 5.75 Å². The molecule has 0 N–H and O–H groups in total. The molecule has 0 aliphatic rings. The molecule has 1 aromatic carbocycles. The second-order valence-electron chi connectivity index (χ2n) is 5.79. The van der Waals surface area contributed by atoms with Gasteiger partial charge in [-0.3, -0.25) is 9.20 Å². The molecule has 6 nitrogen and oxygen atoms in total. The van der Waals surface area contributed by atoms with E-state index in [-0.39, 0.29) is 17.5 Å². The second-order valence-corrected chi connectivity index (χ2v) is 6.73. The van der Waals surface area contributed by atoms with Crippen molar-refractivity contribution in [3.05, 3.63) is 53.2 Å². The van der Waals surface area contributed by atoms with Gasteiger partial charge >= 0.3 is 0 Å². The highest BCUT2D eigenvalue weighted by Gasteiger charge is 2.14. The first-order valence-electron chi connectivity index (χ1n) is 7.74. The number of aromatic nitrogens is 4. The van der Waals surface area contributed by atoms with Crippen LogP contribution < -0.4 is 0 Å². The molecule has 0 fully saturated rings. The maximum atomic E-state index is 13.2. The van der Waals surface area contributed by atoms with Crippen molar-refractivity contribution < 1.29 is 9.18 Å². The molecule has 0 aliphatic heterocycles. The quantitative estimate of drug-likeness (QED) is 0.655. The van der Waals surface area contributed by atoms with Crippen molar-refractivity contribution >= 4 is 23.3 Å². The summed E-state index contributed by atoms with van der Waals surface area (Å²) in [6.45, 7) is 4.14. The predicted octanol–water partition coefficient (Wildman–Crippen LogP) is 2.63. The third kappa shape index (κ3) is 3.96. The van der Waals surface area contributed by atoms with Crippen molar-refractivity contribution in [3.63, 3.8) is 0 Å². The highest BCUT2D eigenvalue weighted by atomic mass is 32.2. The molecule has 1 amide bonds. The highest BCUT2D eigenvalue weighted by Crippen LogP contribution is 2.19. The molecule has 3 aromatic rings. The number of fused-ring (bicyclic) bond motifs is 1. The SMILES string of the molecule is Cc1cc2nnc(SCC(=O)N(C)Cc3cccc(F)c3)n2c(C)n1. The van der Waals surface area contributed by atoms with Crippen LogP contribution in [0.3, 0.4) is 0 Å². The molecule has 2 aromatic heterocycles.